The Bertz CT molecular complexity index is 440. The SMILES string of the molecule is CCOC(=O)c1cccn(OCCCOC)c1=O. The first kappa shape index (κ1) is 14.2. The van der Waals surface area contributed by atoms with Crippen LogP contribution in [0.4, 0.5) is 0 Å². The number of aromatic nitrogens is 1. The van der Waals surface area contributed by atoms with Crippen LogP contribution >= 0.6 is 0 Å². The Morgan fingerprint density at radius 2 is 2.17 bits per heavy atom. The Hall–Kier alpha value is -1.82. The molecule has 0 saturated carbocycles. The number of carbonyl (C=O) groups is 1. The first-order valence-corrected chi connectivity index (χ1v) is 5.71. The highest BCUT2D eigenvalue weighted by Gasteiger charge is 2.13. The van der Waals surface area contributed by atoms with E-state index in [1.807, 2.05) is 0 Å². The smallest absolute Gasteiger partial charge is 0.343 e. The molecule has 0 bridgehead atoms. The molecule has 0 aromatic carbocycles. The molecule has 0 aliphatic carbocycles. The number of nitrogens with zero attached hydrogens (tertiary/aromatic N) is 1. The molecule has 0 amide bonds. The van der Waals surface area contributed by atoms with Gasteiger partial charge in [0, 0.05) is 26.3 Å². The summed E-state index contributed by atoms with van der Waals surface area (Å²) in [4.78, 5) is 28.6. The van der Waals surface area contributed by atoms with Crippen LogP contribution in [0.1, 0.15) is 23.7 Å². The van der Waals surface area contributed by atoms with Gasteiger partial charge in [0.25, 0.3) is 5.56 Å². The van der Waals surface area contributed by atoms with Crippen molar-refractivity contribution in [2.45, 2.75) is 13.3 Å². The van der Waals surface area contributed by atoms with E-state index in [9.17, 15) is 9.59 Å². The quantitative estimate of drug-likeness (QED) is 0.524. The van der Waals surface area contributed by atoms with Crippen LogP contribution in [-0.2, 0) is 9.47 Å². The molecule has 0 atom stereocenters. The van der Waals surface area contributed by atoms with Gasteiger partial charge in [-0.3, -0.25) is 4.79 Å². The summed E-state index contributed by atoms with van der Waals surface area (Å²) >= 11 is 0. The molecule has 0 N–H and O–H groups in total. The van der Waals surface area contributed by atoms with Gasteiger partial charge in [-0.1, -0.05) is 0 Å². The van der Waals surface area contributed by atoms with E-state index in [2.05, 4.69) is 0 Å². The van der Waals surface area contributed by atoms with Crippen LogP contribution in [-0.4, -0.2) is 37.6 Å². The molecule has 0 radical (unpaired) electrons. The Morgan fingerprint density at radius 1 is 1.39 bits per heavy atom. The van der Waals surface area contributed by atoms with Crippen LogP contribution in [0.3, 0.4) is 0 Å². The fourth-order valence-electron chi connectivity index (χ4n) is 1.31. The summed E-state index contributed by atoms with van der Waals surface area (Å²) in [5.41, 5.74) is -0.556. The number of methoxy groups -OCH3 is 1. The molecule has 0 aliphatic heterocycles. The third-order valence-corrected chi connectivity index (χ3v) is 2.13. The number of hydrogen-bond donors (Lipinski definition) is 0. The highest BCUT2D eigenvalue weighted by molar-refractivity contribution is 5.88. The third-order valence-electron chi connectivity index (χ3n) is 2.13. The molecule has 0 spiro atoms. The second-order valence-electron chi connectivity index (χ2n) is 3.45. The number of hydrogen-bond acceptors (Lipinski definition) is 5. The van der Waals surface area contributed by atoms with Crippen LogP contribution < -0.4 is 10.4 Å². The molecule has 6 heteroatoms. The first-order chi connectivity index (χ1) is 8.70. The van der Waals surface area contributed by atoms with Crippen molar-refractivity contribution in [3.63, 3.8) is 0 Å². The van der Waals surface area contributed by atoms with E-state index in [0.717, 1.165) is 4.73 Å². The second kappa shape index (κ2) is 7.50. The van der Waals surface area contributed by atoms with Crippen LogP contribution in [0.2, 0.25) is 0 Å². The maximum atomic E-state index is 11.9. The van der Waals surface area contributed by atoms with Gasteiger partial charge in [0.15, 0.2) is 0 Å². The van der Waals surface area contributed by atoms with E-state index in [-0.39, 0.29) is 12.2 Å². The largest absolute Gasteiger partial charge is 0.462 e. The zero-order chi connectivity index (χ0) is 13.4. The summed E-state index contributed by atoms with van der Waals surface area (Å²) in [7, 11) is 1.59. The highest BCUT2D eigenvalue weighted by atomic mass is 16.7. The number of ether oxygens (including phenoxy) is 2. The second-order valence-corrected chi connectivity index (χ2v) is 3.45. The molecular weight excluding hydrogens is 238 g/mol. The minimum atomic E-state index is -0.641. The van der Waals surface area contributed by atoms with Crippen molar-refractivity contribution >= 4 is 5.97 Å². The Morgan fingerprint density at radius 3 is 2.83 bits per heavy atom. The number of carbonyl (C=O) groups excluding carboxylic acids is 1. The molecule has 0 fully saturated rings. The number of pyridine rings is 1. The summed E-state index contributed by atoms with van der Waals surface area (Å²) in [6.07, 6.45) is 2.12. The van der Waals surface area contributed by atoms with Crippen molar-refractivity contribution in [2.24, 2.45) is 0 Å². The topological polar surface area (TPSA) is 66.8 Å². The minimum Gasteiger partial charge on any atom is -0.462 e. The van der Waals surface area contributed by atoms with E-state index in [4.69, 9.17) is 14.3 Å². The Balaban J connectivity index is 2.73. The third kappa shape index (κ3) is 3.89. The van der Waals surface area contributed by atoms with Crippen molar-refractivity contribution in [2.75, 3.05) is 26.9 Å². The predicted molar refractivity (Wildman–Crippen MR) is 64.6 cm³/mol. The molecule has 1 heterocycles. The molecule has 1 rings (SSSR count). The van der Waals surface area contributed by atoms with Crippen molar-refractivity contribution in [3.8, 4) is 0 Å². The van der Waals surface area contributed by atoms with E-state index in [1.165, 1.54) is 12.3 Å². The van der Waals surface area contributed by atoms with Gasteiger partial charge in [-0.15, -0.1) is 0 Å². The molecule has 18 heavy (non-hydrogen) atoms. The normalized spacial score (nSPS) is 10.1. The minimum absolute atomic E-state index is 0.0360. The Labute approximate surface area is 105 Å². The molecule has 0 saturated heterocycles. The molecule has 100 valence electrons. The van der Waals surface area contributed by atoms with Crippen molar-refractivity contribution < 1.29 is 19.1 Å². The average Bonchev–Trinajstić information content (AvgIpc) is 2.36. The van der Waals surface area contributed by atoms with E-state index in [1.54, 1.807) is 20.1 Å². The molecule has 1 aromatic rings. The van der Waals surface area contributed by atoms with Gasteiger partial charge < -0.3 is 14.3 Å². The summed E-state index contributed by atoms with van der Waals surface area (Å²) in [6.45, 7) is 2.79. The lowest BCUT2D eigenvalue weighted by molar-refractivity contribution is 0.0506. The molecule has 0 aliphatic rings. The lowest BCUT2D eigenvalue weighted by atomic mass is 10.3. The van der Waals surface area contributed by atoms with Gasteiger partial charge in [-0.05, 0) is 19.1 Å². The maximum absolute atomic E-state index is 11.9. The zero-order valence-electron chi connectivity index (χ0n) is 10.5. The highest BCUT2D eigenvalue weighted by Crippen LogP contribution is 1.95. The first-order valence-electron chi connectivity index (χ1n) is 5.71. The summed E-state index contributed by atoms with van der Waals surface area (Å²) in [5.74, 6) is -0.641. The Kier molecular flexibility index (Phi) is 5.93. The number of esters is 1. The van der Waals surface area contributed by atoms with Gasteiger partial charge in [0.05, 0.1) is 6.61 Å². The van der Waals surface area contributed by atoms with Gasteiger partial charge in [0.2, 0.25) is 0 Å². The van der Waals surface area contributed by atoms with Gasteiger partial charge in [0.1, 0.15) is 12.2 Å². The molecule has 0 unspecified atom stereocenters. The van der Waals surface area contributed by atoms with Crippen molar-refractivity contribution in [1.82, 2.24) is 4.73 Å². The summed E-state index contributed by atoms with van der Waals surface area (Å²) < 4.78 is 10.7. The van der Waals surface area contributed by atoms with Crippen molar-refractivity contribution in [3.05, 3.63) is 34.2 Å². The average molecular weight is 255 g/mol. The van der Waals surface area contributed by atoms with E-state index >= 15 is 0 Å². The van der Waals surface area contributed by atoms with E-state index < -0.39 is 11.5 Å². The van der Waals surface area contributed by atoms with Crippen LogP contribution in [0.15, 0.2) is 23.1 Å². The fraction of sp³-hybridized carbons (Fsp3) is 0.500. The van der Waals surface area contributed by atoms with Crippen LogP contribution in [0.5, 0.6) is 0 Å². The summed E-state index contributed by atoms with van der Waals surface area (Å²) in [6, 6.07) is 2.97. The predicted octanol–water partition coefficient (Wildman–Crippen LogP) is 0.490. The van der Waals surface area contributed by atoms with E-state index in [0.29, 0.717) is 19.6 Å². The van der Waals surface area contributed by atoms with Gasteiger partial charge in [-0.25, -0.2) is 4.79 Å². The molecular formula is C12H17NO5. The lowest BCUT2D eigenvalue weighted by Gasteiger charge is -2.09. The molecule has 6 nitrogen and oxygen atoms in total. The van der Waals surface area contributed by atoms with Crippen molar-refractivity contribution in [1.29, 1.82) is 0 Å². The lowest BCUT2D eigenvalue weighted by Crippen LogP contribution is -2.31. The maximum Gasteiger partial charge on any atom is 0.343 e. The van der Waals surface area contributed by atoms with Gasteiger partial charge >= 0.3 is 5.97 Å². The van der Waals surface area contributed by atoms with Gasteiger partial charge in [-0.2, -0.15) is 4.73 Å². The summed E-state index contributed by atoms with van der Waals surface area (Å²) in [5, 5.41) is 0. The standard InChI is InChI=1S/C12H17NO5/c1-3-17-12(15)10-6-4-7-13(11(10)14)18-9-5-8-16-2/h4,6-7H,3,5,8-9H2,1-2H3. The fourth-order valence-corrected chi connectivity index (χ4v) is 1.31. The molecule has 1 aromatic heterocycles. The van der Waals surface area contributed by atoms with Crippen LogP contribution in [0, 0.1) is 0 Å². The van der Waals surface area contributed by atoms with Crippen LogP contribution in [0.25, 0.3) is 0 Å². The zero-order valence-corrected chi connectivity index (χ0v) is 10.5. The monoisotopic (exact) mass is 255 g/mol. The number of rotatable bonds is 7.